The molecule has 0 aliphatic rings. The van der Waals surface area contributed by atoms with Gasteiger partial charge < -0.3 is 4.74 Å². The summed E-state index contributed by atoms with van der Waals surface area (Å²) < 4.78 is 8.95. The molecule has 8 heteroatoms. The van der Waals surface area contributed by atoms with Crippen molar-refractivity contribution in [2.24, 2.45) is 0 Å². The Morgan fingerprint density at radius 1 is 0.941 bits per heavy atom. The predicted octanol–water partition coefficient (Wildman–Crippen LogP) is 5.12. The van der Waals surface area contributed by atoms with Crippen molar-refractivity contribution in [2.45, 2.75) is 6.92 Å². The maximum absolute atomic E-state index is 12.9. The number of ether oxygens (including phenoxy) is 1. The van der Waals surface area contributed by atoms with Crippen LogP contribution in [0.15, 0.2) is 90.0 Å². The van der Waals surface area contributed by atoms with E-state index in [-0.39, 0.29) is 11.1 Å². The molecule has 0 aliphatic carbocycles. The average Bonchev–Trinajstić information content (AvgIpc) is 3.26. The molecule has 3 aromatic heterocycles. The van der Waals surface area contributed by atoms with E-state index < -0.39 is 0 Å². The Hall–Kier alpha value is -4.23. The number of pyridine rings is 1. The first-order chi connectivity index (χ1) is 16.5. The van der Waals surface area contributed by atoms with Crippen LogP contribution in [0.5, 0.6) is 5.75 Å². The normalized spacial score (nSPS) is 10.9. The van der Waals surface area contributed by atoms with Gasteiger partial charge in [0.1, 0.15) is 11.4 Å². The molecular formula is C26H20ClN5O2. The summed E-state index contributed by atoms with van der Waals surface area (Å²) in [5.41, 5.74) is 4.55. The van der Waals surface area contributed by atoms with Gasteiger partial charge in [0.15, 0.2) is 5.69 Å². The summed E-state index contributed by atoms with van der Waals surface area (Å²) in [5.74, 6) is 0.602. The molecular weight excluding hydrogens is 450 g/mol. The van der Waals surface area contributed by atoms with Gasteiger partial charge in [0.2, 0.25) is 5.43 Å². The Morgan fingerprint density at radius 2 is 1.82 bits per heavy atom. The highest BCUT2D eigenvalue weighted by Crippen LogP contribution is 2.29. The summed E-state index contributed by atoms with van der Waals surface area (Å²) in [4.78, 5) is 17.3. The highest BCUT2D eigenvalue weighted by Gasteiger charge is 2.17. The van der Waals surface area contributed by atoms with Crippen LogP contribution in [0.4, 0.5) is 0 Å². The van der Waals surface area contributed by atoms with Crippen molar-refractivity contribution in [2.75, 3.05) is 7.11 Å². The molecule has 0 N–H and O–H groups in total. The first kappa shape index (κ1) is 21.6. The first-order valence-corrected chi connectivity index (χ1v) is 10.9. The van der Waals surface area contributed by atoms with Crippen LogP contribution in [0.3, 0.4) is 0 Å². The Labute approximate surface area is 200 Å². The largest absolute Gasteiger partial charge is 0.494 e. The summed E-state index contributed by atoms with van der Waals surface area (Å²) >= 11 is 6.19. The molecule has 0 unspecified atom stereocenters. The zero-order valence-electron chi connectivity index (χ0n) is 18.5. The van der Waals surface area contributed by atoms with E-state index in [2.05, 4.69) is 15.2 Å². The molecule has 0 radical (unpaired) electrons. The van der Waals surface area contributed by atoms with Crippen molar-refractivity contribution in [1.82, 2.24) is 24.5 Å². The van der Waals surface area contributed by atoms with E-state index >= 15 is 0 Å². The number of hydrogen-bond acceptors (Lipinski definition) is 5. The van der Waals surface area contributed by atoms with Gasteiger partial charge in [0, 0.05) is 29.0 Å². The summed E-state index contributed by atoms with van der Waals surface area (Å²) in [6.45, 7) is 1.87. The minimum atomic E-state index is -0.219. The third-order valence-electron chi connectivity index (χ3n) is 5.32. The second kappa shape index (κ2) is 8.96. The summed E-state index contributed by atoms with van der Waals surface area (Å²) in [7, 11) is 1.60. The van der Waals surface area contributed by atoms with Gasteiger partial charge in [-0.1, -0.05) is 29.8 Å². The third kappa shape index (κ3) is 4.09. The van der Waals surface area contributed by atoms with Crippen LogP contribution in [0, 0.1) is 6.92 Å². The van der Waals surface area contributed by atoms with Crippen molar-refractivity contribution in [3.8, 4) is 39.8 Å². The monoisotopic (exact) mass is 469 g/mol. The van der Waals surface area contributed by atoms with Gasteiger partial charge in [0.25, 0.3) is 0 Å². The molecule has 0 saturated carbocycles. The van der Waals surface area contributed by atoms with Crippen LogP contribution in [0.1, 0.15) is 5.69 Å². The summed E-state index contributed by atoms with van der Waals surface area (Å²) in [5, 5.41) is 9.80. The number of benzene rings is 2. The van der Waals surface area contributed by atoms with Crippen LogP contribution in [0.25, 0.3) is 34.0 Å². The van der Waals surface area contributed by atoms with Crippen LogP contribution in [-0.2, 0) is 0 Å². The van der Waals surface area contributed by atoms with E-state index in [1.165, 1.54) is 6.07 Å². The standard InChI is InChI=1S/C26H20ClN5O2/c1-17-14-23(32(29-17)20-7-5-6-19(27)16-20)26-24(33)11-13-31(30-26)22-10-9-18(15-25(22)34-2)21-8-3-4-12-28-21/h3-16H,1-2H3. The lowest BCUT2D eigenvalue weighted by molar-refractivity contribution is 0.411. The molecule has 0 fully saturated rings. The lowest BCUT2D eigenvalue weighted by Gasteiger charge is -2.14. The lowest BCUT2D eigenvalue weighted by Crippen LogP contribution is -2.15. The van der Waals surface area contributed by atoms with E-state index in [9.17, 15) is 4.79 Å². The summed E-state index contributed by atoms with van der Waals surface area (Å²) in [6.07, 6.45) is 3.37. The SMILES string of the molecule is COc1cc(-c2ccccn2)ccc1-n1ccc(=O)c(-c2cc(C)nn2-c2cccc(Cl)c2)n1. The van der Waals surface area contributed by atoms with Crippen molar-refractivity contribution < 1.29 is 4.74 Å². The second-order valence-electron chi connectivity index (χ2n) is 7.64. The molecule has 0 amide bonds. The molecule has 2 aromatic carbocycles. The fraction of sp³-hybridized carbons (Fsp3) is 0.0769. The summed E-state index contributed by atoms with van der Waals surface area (Å²) in [6, 6.07) is 22.1. The number of aryl methyl sites for hydroxylation is 1. The molecule has 0 spiro atoms. The highest BCUT2D eigenvalue weighted by molar-refractivity contribution is 6.30. The minimum absolute atomic E-state index is 0.219. The topological polar surface area (TPSA) is 74.8 Å². The molecule has 0 atom stereocenters. The first-order valence-electron chi connectivity index (χ1n) is 10.6. The number of hydrogen-bond donors (Lipinski definition) is 0. The number of aromatic nitrogens is 5. The number of methoxy groups -OCH3 is 1. The van der Waals surface area contributed by atoms with Gasteiger partial charge >= 0.3 is 0 Å². The fourth-order valence-electron chi connectivity index (χ4n) is 3.75. The van der Waals surface area contributed by atoms with Crippen molar-refractivity contribution in [1.29, 1.82) is 0 Å². The maximum Gasteiger partial charge on any atom is 0.209 e. The highest BCUT2D eigenvalue weighted by atomic mass is 35.5. The van der Waals surface area contributed by atoms with Gasteiger partial charge in [0.05, 0.1) is 29.9 Å². The van der Waals surface area contributed by atoms with Crippen molar-refractivity contribution in [3.05, 3.63) is 106 Å². The molecule has 5 rings (SSSR count). The lowest BCUT2D eigenvalue weighted by atomic mass is 10.1. The van der Waals surface area contributed by atoms with Crippen LogP contribution >= 0.6 is 11.6 Å². The van der Waals surface area contributed by atoms with E-state index in [4.69, 9.17) is 16.3 Å². The predicted molar refractivity (Wildman–Crippen MR) is 132 cm³/mol. The fourth-order valence-corrected chi connectivity index (χ4v) is 3.94. The Balaban J connectivity index is 1.62. The van der Waals surface area contributed by atoms with Gasteiger partial charge in [-0.15, -0.1) is 0 Å². The van der Waals surface area contributed by atoms with Crippen LogP contribution in [-0.4, -0.2) is 31.7 Å². The average molecular weight is 470 g/mol. The second-order valence-corrected chi connectivity index (χ2v) is 8.07. The number of nitrogens with zero attached hydrogens (tertiary/aromatic N) is 5. The molecule has 5 aromatic rings. The van der Waals surface area contributed by atoms with E-state index in [0.717, 1.165) is 22.6 Å². The van der Waals surface area contributed by atoms with Crippen LogP contribution < -0.4 is 10.2 Å². The molecule has 168 valence electrons. The van der Waals surface area contributed by atoms with Gasteiger partial charge in [-0.25, -0.2) is 9.36 Å². The third-order valence-corrected chi connectivity index (χ3v) is 5.56. The van der Waals surface area contributed by atoms with Crippen molar-refractivity contribution >= 4 is 11.6 Å². The van der Waals surface area contributed by atoms with Crippen molar-refractivity contribution in [3.63, 3.8) is 0 Å². The zero-order chi connectivity index (χ0) is 23.7. The molecule has 0 saturated heterocycles. The van der Waals surface area contributed by atoms with Gasteiger partial charge in [-0.3, -0.25) is 9.78 Å². The smallest absolute Gasteiger partial charge is 0.209 e. The van der Waals surface area contributed by atoms with E-state index in [1.54, 1.807) is 41.0 Å². The molecule has 0 bridgehead atoms. The minimum Gasteiger partial charge on any atom is -0.494 e. The Kier molecular flexibility index (Phi) is 5.69. The Bertz CT molecular complexity index is 1540. The van der Waals surface area contributed by atoms with E-state index in [1.807, 2.05) is 61.5 Å². The molecule has 3 heterocycles. The molecule has 34 heavy (non-hydrogen) atoms. The Morgan fingerprint density at radius 3 is 2.59 bits per heavy atom. The number of rotatable bonds is 5. The zero-order valence-corrected chi connectivity index (χ0v) is 19.3. The quantitative estimate of drug-likeness (QED) is 0.357. The number of halogens is 1. The van der Waals surface area contributed by atoms with Gasteiger partial charge in [-0.05, 0) is 55.5 Å². The maximum atomic E-state index is 12.9. The van der Waals surface area contributed by atoms with E-state index in [0.29, 0.717) is 22.2 Å². The van der Waals surface area contributed by atoms with Gasteiger partial charge in [-0.2, -0.15) is 10.2 Å². The van der Waals surface area contributed by atoms with Crippen LogP contribution in [0.2, 0.25) is 5.02 Å². The molecule has 0 aliphatic heterocycles. The molecule has 7 nitrogen and oxygen atoms in total.